The molecule has 6 heteroatoms. The van der Waals surface area contributed by atoms with Crippen LogP contribution in [-0.4, -0.2) is 23.1 Å². The van der Waals surface area contributed by atoms with E-state index in [1.165, 1.54) is 17.4 Å². The zero-order chi connectivity index (χ0) is 13.7. The van der Waals surface area contributed by atoms with Gasteiger partial charge in [-0.1, -0.05) is 13.3 Å². The molecule has 1 aromatic rings. The van der Waals surface area contributed by atoms with Gasteiger partial charge in [-0.05, 0) is 20.3 Å². The second-order valence-corrected chi connectivity index (χ2v) is 5.27. The van der Waals surface area contributed by atoms with Crippen LogP contribution in [0.5, 0.6) is 0 Å². The topological polar surface area (TPSA) is 66.6 Å². The Balaban J connectivity index is 3.06. The van der Waals surface area contributed by atoms with E-state index in [-0.39, 0.29) is 10.6 Å². The molecule has 0 aliphatic rings. The Morgan fingerprint density at radius 2 is 2.22 bits per heavy atom. The summed E-state index contributed by atoms with van der Waals surface area (Å²) in [5, 5.41) is 21.3. The third-order valence-corrected chi connectivity index (χ3v) is 4.13. The van der Waals surface area contributed by atoms with E-state index in [2.05, 4.69) is 6.92 Å². The first-order valence-electron chi connectivity index (χ1n) is 6.22. The van der Waals surface area contributed by atoms with Crippen molar-refractivity contribution in [3.63, 3.8) is 0 Å². The summed E-state index contributed by atoms with van der Waals surface area (Å²) in [6, 6.07) is 1.49. The molecule has 0 amide bonds. The second-order valence-electron chi connectivity index (χ2n) is 4.21. The van der Waals surface area contributed by atoms with Gasteiger partial charge in [-0.25, -0.2) is 0 Å². The number of thiophene rings is 1. The summed E-state index contributed by atoms with van der Waals surface area (Å²) in [5.74, 6) is 0. The molecule has 1 N–H and O–H groups in total. The molecule has 1 rings (SSSR count). The van der Waals surface area contributed by atoms with Crippen molar-refractivity contribution in [3.8, 4) is 0 Å². The second kappa shape index (κ2) is 6.70. The molecule has 0 unspecified atom stereocenters. The van der Waals surface area contributed by atoms with Crippen LogP contribution in [0.2, 0.25) is 0 Å². The maximum Gasteiger partial charge on any atom is 0.304 e. The standard InChI is InChI=1S/C12H20N2O3S/c1-4-6-7-13(5-2)12-10(14(16)17)8-11(18-12)9(3)15/h8-9,15H,4-7H2,1-3H3/t9-/m0/s1. The fourth-order valence-electron chi connectivity index (χ4n) is 1.71. The first-order chi connectivity index (χ1) is 8.51. The Labute approximate surface area is 111 Å². The molecule has 0 radical (unpaired) electrons. The van der Waals surface area contributed by atoms with Crippen LogP contribution < -0.4 is 4.90 Å². The third kappa shape index (κ3) is 3.43. The molecular formula is C12H20N2O3S. The largest absolute Gasteiger partial charge is 0.388 e. The number of nitrogens with zero attached hydrogens (tertiary/aromatic N) is 2. The van der Waals surface area contributed by atoms with Crippen molar-refractivity contribution < 1.29 is 10.0 Å². The highest BCUT2D eigenvalue weighted by Crippen LogP contribution is 2.40. The maximum absolute atomic E-state index is 11.1. The van der Waals surface area contributed by atoms with Crippen LogP contribution in [0.4, 0.5) is 10.7 Å². The Morgan fingerprint density at radius 1 is 1.56 bits per heavy atom. The minimum absolute atomic E-state index is 0.105. The van der Waals surface area contributed by atoms with E-state index in [0.717, 1.165) is 25.9 Å². The van der Waals surface area contributed by atoms with Crippen molar-refractivity contribution >= 4 is 22.0 Å². The van der Waals surface area contributed by atoms with Crippen LogP contribution in [0.1, 0.15) is 44.6 Å². The van der Waals surface area contributed by atoms with Gasteiger partial charge in [-0.2, -0.15) is 0 Å². The first-order valence-corrected chi connectivity index (χ1v) is 7.04. The molecule has 18 heavy (non-hydrogen) atoms. The van der Waals surface area contributed by atoms with Crippen molar-refractivity contribution in [2.24, 2.45) is 0 Å². The molecule has 1 atom stereocenters. The lowest BCUT2D eigenvalue weighted by atomic mass is 10.3. The number of rotatable bonds is 7. The molecule has 0 aromatic carbocycles. The SMILES string of the molecule is CCCCN(CC)c1sc([C@H](C)O)cc1[N+](=O)[O-]. The molecule has 1 aromatic heterocycles. The van der Waals surface area contributed by atoms with E-state index in [0.29, 0.717) is 9.88 Å². The van der Waals surface area contributed by atoms with Gasteiger partial charge < -0.3 is 10.0 Å². The summed E-state index contributed by atoms with van der Waals surface area (Å²) < 4.78 is 0. The smallest absolute Gasteiger partial charge is 0.304 e. The lowest BCUT2D eigenvalue weighted by Crippen LogP contribution is -2.23. The van der Waals surface area contributed by atoms with Crippen LogP contribution in [0, 0.1) is 10.1 Å². The fraction of sp³-hybridized carbons (Fsp3) is 0.667. The number of hydrogen-bond donors (Lipinski definition) is 1. The van der Waals surface area contributed by atoms with E-state index in [4.69, 9.17) is 0 Å². The molecule has 0 fully saturated rings. The highest BCUT2D eigenvalue weighted by atomic mass is 32.1. The predicted molar refractivity (Wildman–Crippen MR) is 74.4 cm³/mol. The minimum Gasteiger partial charge on any atom is -0.388 e. The summed E-state index contributed by atoms with van der Waals surface area (Å²) in [4.78, 5) is 13.3. The molecule has 0 aliphatic heterocycles. The van der Waals surface area contributed by atoms with E-state index in [1.807, 2.05) is 11.8 Å². The molecule has 102 valence electrons. The molecule has 0 saturated heterocycles. The van der Waals surface area contributed by atoms with Crippen LogP contribution in [0.25, 0.3) is 0 Å². The van der Waals surface area contributed by atoms with Gasteiger partial charge in [0, 0.05) is 24.0 Å². The van der Waals surface area contributed by atoms with Crippen molar-refractivity contribution in [1.29, 1.82) is 0 Å². The lowest BCUT2D eigenvalue weighted by molar-refractivity contribution is -0.383. The molecular weight excluding hydrogens is 252 g/mol. The van der Waals surface area contributed by atoms with Crippen molar-refractivity contribution in [3.05, 3.63) is 21.1 Å². The molecule has 0 spiro atoms. The highest BCUT2D eigenvalue weighted by Gasteiger charge is 2.24. The maximum atomic E-state index is 11.1. The van der Waals surface area contributed by atoms with E-state index < -0.39 is 6.10 Å². The van der Waals surface area contributed by atoms with Gasteiger partial charge in [0.15, 0.2) is 5.00 Å². The predicted octanol–water partition coefficient (Wildman–Crippen LogP) is 3.34. The van der Waals surface area contributed by atoms with E-state index in [9.17, 15) is 15.2 Å². The number of aliphatic hydroxyl groups is 1. The quantitative estimate of drug-likeness (QED) is 0.610. The molecule has 0 saturated carbocycles. The first kappa shape index (κ1) is 14.9. The summed E-state index contributed by atoms with van der Waals surface area (Å²) >= 11 is 1.31. The van der Waals surface area contributed by atoms with Gasteiger partial charge in [0.2, 0.25) is 0 Å². The van der Waals surface area contributed by atoms with Crippen LogP contribution in [0.3, 0.4) is 0 Å². The molecule has 0 bridgehead atoms. The normalized spacial score (nSPS) is 12.4. The number of nitro groups is 1. The number of unbranched alkanes of at least 4 members (excludes halogenated alkanes) is 1. The lowest BCUT2D eigenvalue weighted by Gasteiger charge is -2.20. The van der Waals surface area contributed by atoms with E-state index >= 15 is 0 Å². The summed E-state index contributed by atoms with van der Waals surface area (Å²) in [5.41, 5.74) is 0.105. The molecule has 5 nitrogen and oxygen atoms in total. The van der Waals surface area contributed by atoms with E-state index in [1.54, 1.807) is 6.92 Å². The summed E-state index contributed by atoms with van der Waals surface area (Å²) in [6.07, 6.45) is 1.40. The highest BCUT2D eigenvalue weighted by molar-refractivity contribution is 7.16. The molecule has 1 heterocycles. The van der Waals surface area contributed by atoms with Crippen molar-refractivity contribution in [1.82, 2.24) is 0 Å². The van der Waals surface area contributed by atoms with Crippen LogP contribution >= 0.6 is 11.3 Å². The van der Waals surface area contributed by atoms with Crippen molar-refractivity contribution in [2.75, 3.05) is 18.0 Å². The Hall–Kier alpha value is -1.14. The van der Waals surface area contributed by atoms with Crippen LogP contribution in [-0.2, 0) is 0 Å². The van der Waals surface area contributed by atoms with Gasteiger partial charge in [0.05, 0.1) is 11.0 Å². The Bertz CT molecular complexity index is 404. The Morgan fingerprint density at radius 3 is 2.67 bits per heavy atom. The number of hydrogen-bond acceptors (Lipinski definition) is 5. The fourth-order valence-corrected chi connectivity index (χ4v) is 2.86. The average molecular weight is 272 g/mol. The third-order valence-electron chi connectivity index (χ3n) is 2.77. The average Bonchev–Trinajstić information content (AvgIpc) is 2.75. The van der Waals surface area contributed by atoms with Gasteiger partial charge in [-0.3, -0.25) is 10.1 Å². The van der Waals surface area contributed by atoms with Gasteiger partial charge in [0.1, 0.15) is 0 Å². The van der Waals surface area contributed by atoms with Gasteiger partial charge >= 0.3 is 5.69 Å². The number of anilines is 1. The summed E-state index contributed by atoms with van der Waals surface area (Å²) in [7, 11) is 0. The zero-order valence-corrected chi connectivity index (χ0v) is 11.9. The van der Waals surface area contributed by atoms with Crippen molar-refractivity contribution in [2.45, 2.75) is 39.7 Å². The Kier molecular flexibility index (Phi) is 5.55. The van der Waals surface area contributed by atoms with Crippen LogP contribution in [0.15, 0.2) is 6.07 Å². The number of aliphatic hydroxyl groups excluding tert-OH is 1. The van der Waals surface area contributed by atoms with Gasteiger partial charge in [0.25, 0.3) is 0 Å². The molecule has 0 aliphatic carbocycles. The van der Waals surface area contributed by atoms with Gasteiger partial charge in [-0.15, -0.1) is 11.3 Å². The zero-order valence-electron chi connectivity index (χ0n) is 11.0. The summed E-state index contributed by atoms with van der Waals surface area (Å²) in [6.45, 7) is 7.26. The minimum atomic E-state index is -0.660. The monoisotopic (exact) mass is 272 g/mol.